The van der Waals surface area contributed by atoms with Crippen LogP contribution in [0.5, 0.6) is 0 Å². The molecule has 0 saturated carbocycles. The third-order valence-corrected chi connectivity index (χ3v) is 6.39. The molecule has 3 rings (SSSR count). The molecule has 0 unspecified atom stereocenters. The predicted octanol–water partition coefficient (Wildman–Crippen LogP) is 3.09. The van der Waals surface area contributed by atoms with E-state index in [1.165, 1.54) is 4.90 Å². The van der Waals surface area contributed by atoms with Crippen molar-refractivity contribution in [3.63, 3.8) is 0 Å². The summed E-state index contributed by atoms with van der Waals surface area (Å²) in [5.74, 6) is -0.673. The van der Waals surface area contributed by atoms with Gasteiger partial charge in [-0.2, -0.15) is 0 Å². The lowest BCUT2D eigenvalue weighted by Gasteiger charge is -2.38. The first-order chi connectivity index (χ1) is 15.8. The second-order valence-electron chi connectivity index (χ2n) is 8.68. The summed E-state index contributed by atoms with van der Waals surface area (Å²) in [4.78, 5) is 41.8. The van der Waals surface area contributed by atoms with E-state index in [4.69, 9.17) is 9.47 Å². The van der Waals surface area contributed by atoms with Gasteiger partial charge in [-0.25, -0.2) is 9.59 Å². The number of rotatable bonds is 7. The highest BCUT2D eigenvalue weighted by molar-refractivity contribution is 5.95. The first kappa shape index (κ1) is 24.8. The molecular weight excluding hydrogens is 422 g/mol. The minimum atomic E-state index is -0.583. The molecule has 2 aliphatic rings. The molecule has 0 bridgehead atoms. The Hall–Kier alpha value is -2.87. The fraction of sp³-hybridized carbons (Fsp3) is 0.560. The molecule has 1 aromatic carbocycles. The molecule has 0 spiro atoms. The summed E-state index contributed by atoms with van der Waals surface area (Å²) in [6.07, 6.45) is 1.38. The van der Waals surface area contributed by atoms with E-state index in [0.717, 1.165) is 16.7 Å². The number of urea groups is 1. The first-order valence-electron chi connectivity index (χ1n) is 11.7. The maximum atomic E-state index is 13.1. The molecule has 0 radical (unpaired) electrons. The van der Waals surface area contributed by atoms with Gasteiger partial charge >= 0.3 is 18.0 Å². The van der Waals surface area contributed by atoms with Gasteiger partial charge in [0.1, 0.15) is 0 Å². The Morgan fingerprint density at radius 2 is 1.76 bits per heavy atom. The maximum absolute atomic E-state index is 13.1. The van der Waals surface area contributed by atoms with Gasteiger partial charge in [0, 0.05) is 19.3 Å². The highest BCUT2D eigenvalue weighted by atomic mass is 16.5. The van der Waals surface area contributed by atoms with Crippen LogP contribution in [-0.2, 0) is 19.1 Å². The summed E-state index contributed by atoms with van der Waals surface area (Å²) in [7, 11) is 1.67. The van der Waals surface area contributed by atoms with Crippen molar-refractivity contribution in [2.45, 2.75) is 46.6 Å². The van der Waals surface area contributed by atoms with Crippen molar-refractivity contribution < 1.29 is 23.9 Å². The fourth-order valence-electron chi connectivity index (χ4n) is 4.58. The van der Waals surface area contributed by atoms with Crippen molar-refractivity contribution in [1.82, 2.24) is 15.1 Å². The van der Waals surface area contributed by atoms with Crippen LogP contribution in [0.4, 0.5) is 4.79 Å². The number of likely N-dealkylation sites (N-methyl/N-ethyl adjacent to an activating group) is 1. The molecule has 1 saturated heterocycles. The number of esters is 2. The molecule has 8 nitrogen and oxygen atoms in total. The molecule has 0 aliphatic carbocycles. The number of ether oxygens (including phenoxy) is 2. The summed E-state index contributed by atoms with van der Waals surface area (Å²) >= 11 is 0. The van der Waals surface area contributed by atoms with E-state index in [0.29, 0.717) is 50.4 Å². The Morgan fingerprint density at radius 3 is 2.36 bits per heavy atom. The zero-order valence-corrected chi connectivity index (χ0v) is 20.3. The van der Waals surface area contributed by atoms with Crippen LogP contribution in [0.25, 0.3) is 0 Å². The van der Waals surface area contributed by atoms with E-state index < -0.39 is 12.0 Å². The van der Waals surface area contributed by atoms with Crippen LogP contribution in [0.15, 0.2) is 29.5 Å². The molecule has 8 heteroatoms. The lowest BCUT2D eigenvalue weighted by molar-refractivity contribution is -0.149. The number of nitrogens with zero attached hydrogens (tertiary/aromatic N) is 2. The standard InChI is InChI=1S/C25H35N3O5/c1-6-32-23(29)18-10-12-28(13-11-18)15-20-21(24(30)33-7-2)22(26-25(31)27(20)5)19-9-8-16(3)14-17(19)4/h8-9,14,18,22H,6-7,10-13,15H2,1-5H3,(H,26,31)/t22-/m1/s1. The molecular formula is C25H35N3O5. The number of amides is 2. The summed E-state index contributed by atoms with van der Waals surface area (Å²) in [5, 5.41) is 2.98. The lowest BCUT2D eigenvalue weighted by atomic mass is 9.90. The van der Waals surface area contributed by atoms with Crippen molar-refractivity contribution in [3.05, 3.63) is 46.2 Å². The lowest BCUT2D eigenvalue weighted by Crippen LogP contribution is -2.50. The molecule has 1 aromatic rings. The van der Waals surface area contributed by atoms with Gasteiger partial charge in [-0.05, 0) is 64.8 Å². The summed E-state index contributed by atoms with van der Waals surface area (Å²) in [6.45, 7) is 10.0. The monoisotopic (exact) mass is 457 g/mol. The zero-order chi connectivity index (χ0) is 24.1. The van der Waals surface area contributed by atoms with Crippen molar-refractivity contribution >= 4 is 18.0 Å². The van der Waals surface area contributed by atoms with E-state index in [-0.39, 0.29) is 24.5 Å². The fourth-order valence-corrected chi connectivity index (χ4v) is 4.58. The normalized spacial score (nSPS) is 20.0. The topological polar surface area (TPSA) is 88.2 Å². The third kappa shape index (κ3) is 5.55. The Labute approximate surface area is 195 Å². The number of carbonyl (C=O) groups excluding carboxylic acids is 3. The SMILES string of the molecule is CCOC(=O)C1=C(CN2CCC(C(=O)OCC)CC2)N(C)C(=O)N[C@@H]1c1ccc(C)cc1C. The van der Waals surface area contributed by atoms with Gasteiger partial charge < -0.3 is 14.8 Å². The van der Waals surface area contributed by atoms with Crippen LogP contribution in [0, 0.1) is 19.8 Å². The van der Waals surface area contributed by atoms with Gasteiger partial charge in [-0.15, -0.1) is 0 Å². The molecule has 1 N–H and O–H groups in total. The van der Waals surface area contributed by atoms with Gasteiger partial charge in [0.2, 0.25) is 0 Å². The van der Waals surface area contributed by atoms with Gasteiger partial charge in [0.05, 0.1) is 30.7 Å². The number of piperidine rings is 1. The van der Waals surface area contributed by atoms with Crippen molar-refractivity contribution in [1.29, 1.82) is 0 Å². The van der Waals surface area contributed by atoms with Gasteiger partial charge in [-0.1, -0.05) is 23.8 Å². The van der Waals surface area contributed by atoms with E-state index in [2.05, 4.69) is 10.2 Å². The molecule has 2 heterocycles. The summed E-state index contributed by atoms with van der Waals surface area (Å²) < 4.78 is 10.6. The highest BCUT2D eigenvalue weighted by Crippen LogP contribution is 2.34. The zero-order valence-electron chi connectivity index (χ0n) is 20.3. The van der Waals surface area contributed by atoms with Crippen molar-refractivity contribution in [3.8, 4) is 0 Å². The second-order valence-corrected chi connectivity index (χ2v) is 8.68. The van der Waals surface area contributed by atoms with Crippen molar-refractivity contribution in [2.24, 2.45) is 5.92 Å². The van der Waals surface area contributed by atoms with E-state index >= 15 is 0 Å². The van der Waals surface area contributed by atoms with Gasteiger partial charge in [0.15, 0.2) is 0 Å². The first-order valence-corrected chi connectivity index (χ1v) is 11.7. The van der Waals surface area contributed by atoms with Crippen LogP contribution < -0.4 is 5.32 Å². The van der Waals surface area contributed by atoms with Crippen LogP contribution >= 0.6 is 0 Å². The third-order valence-electron chi connectivity index (χ3n) is 6.39. The van der Waals surface area contributed by atoms with E-state index in [1.54, 1.807) is 14.0 Å². The molecule has 0 aromatic heterocycles. The summed E-state index contributed by atoms with van der Waals surface area (Å²) in [6, 6.07) is 5.14. The predicted molar refractivity (Wildman–Crippen MR) is 124 cm³/mol. The molecule has 1 fully saturated rings. The molecule has 180 valence electrons. The van der Waals surface area contributed by atoms with Crippen LogP contribution in [0.1, 0.15) is 49.4 Å². The average Bonchev–Trinajstić information content (AvgIpc) is 2.77. The Balaban J connectivity index is 1.92. The van der Waals surface area contributed by atoms with Crippen molar-refractivity contribution in [2.75, 3.05) is 39.9 Å². The number of likely N-dealkylation sites (tertiary alicyclic amines) is 1. The van der Waals surface area contributed by atoms with Gasteiger partial charge in [-0.3, -0.25) is 14.6 Å². The number of benzene rings is 1. The van der Waals surface area contributed by atoms with E-state index in [1.807, 2.05) is 39.0 Å². The quantitative estimate of drug-likeness (QED) is 0.633. The van der Waals surface area contributed by atoms with Gasteiger partial charge in [0.25, 0.3) is 0 Å². The largest absolute Gasteiger partial charge is 0.466 e. The highest BCUT2D eigenvalue weighted by Gasteiger charge is 2.38. The minimum absolute atomic E-state index is 0.102. The molecule has 33 heavy (non-hydrogen) atoms. The maximum Gasteiger partial charge on any atom is 0.338 e. The number of hydrogen-bond acceptors (Lipinski definition) is 6. The minimum Gasteiger partial charge on any atom is -0.466 e. The molecule has 2 amide bonds. The number of hydrogen-bond donors (Lipinski definition) is 1. The average molecular weight is 458 g/mol. The second kappa shape index (κ2) is 10.8. The Bertz CT molecular complexity index is 934. The van der Waals surface area contributed by atoms with Crippen LogP contribution in [-0.4, -0.2) is 67.7 Å². The number of carbonyl (C=O) groups is 3. The van der Waals surface area contributed by atoms with Crippen LogP contribution in [0.2, 0.25) is 0 Å². The van der Waals surface area contributed by atoms with E-state index in [9.17, 15) is 14.4 Å². The Morgan fingerprint density at radius 1 is 1.09 bits per heavy atom. The molecule has 2 aliphatic heterocycles. The smallest absolute Gasteiger partial charge is 0.338 e. The number of nitrogens with one attached hydrogen (secondary N) is 1. The number of aryl methyl sites for hydroxylation is 2. The molecule has 1 atom stereocenters. The summed E-state index contributed by atoms with van der Waals surface area (Å²) in [5.41, 5.74) is 4.09. The van der Waals surface area contributed by atoms with Crippen LogP contribution in [0.3, 0.4) is 0 Å². The Kier molecular flexibility index (Phi) is 8.13.